The highest BCUT2D eigenvalue weighted by Crippen LogP contribution is 2.20. The summed E-state index contributed by atoms with van der Waals surface area (Å²) in [5, 5.41) is 0. The first-order chi connectivity index (χ1) is 15.3. The van der Waals surface area contributed by atoms with Crippen molar-refractivity contribution in [1.82, 2.24) is 0 Å². The zero-order valence-corrected chi connectivity index (χ0v) is 19.7. The molecule has 1 unspecified atom stereocenters. The maximum absolute atomic E-state index is 5.95. The molecule has 2 aromatic carbocycles. The first-order valence-corrected chi connectivity index (χ1v) is 12.3. The maximum Gasteiger partial charge on any atom is 0.120 e. The average Bonchev–Trinajstić information content (AvgIpc) is 2.80. The third kappa shape index (κ3) is 12.4. The minimum atomic E-state index is 0.0409. The molecule has 3 nitrogen and oxygen atoms in total. The Bertz CT molecular complexity index is 654. The molecule has 0 aliphatic rings. The van der Waals surface area contributed by atoms with Crippen LogP contribution in [0.25, 0.3) is 0 Å². The standard InChI is InChI=1S/C28H42O3/c1-3-4-5-6-7-8-9-10-11-15-22-29-23-25(2)31-28-20-18-27(19-21-28)30-24-26-16-13-12-14-17-26/h12-14,16-21,25H,3-11,15,22-24H2,1-2H3. The third-order valence-electron chi connectivity index (χ3n) is 5.40. The van der Waals surface area contributed by atoms with Gasteiger partial charge in [-0.25, -0.2) is 0 Å². The van der Waals surface area contributed by atoms with E-state index in [4.69, 9.17) is 14.2 Å². The predicted molar refractivity (Wildman–Crippen MR) is 130 cm³/mol. The van der Waals surface area contributed by atoms with Crippen LogP contribution in [0, 0.1) is 0 Å². The largest absolute Gasteiger partial charge is 0.489 e. The molecule has 0 fully saturated rings. The van der Waals surface area contributed by atoms with Crippen LogP contribution in [0.2, 0.25) is 0 Å². The lowest BCUT2D eigenvalue weighted by atomic mass is 10.1. The van der Waals surface area contributed by atoms with E-state index in [9.17, 15) is 0 Å². The summed E-state index contributed by atoms with van der Waals surface area (Å²) in [6.07, 6.45) is 13.5. The first-order valence-electron chi connectivity index (χ1n) is 12.3. The lowest BCUT2D eigenvalue weighted by Gasteiger charge is -2.15. The predicted octanol–water partition coefficient (Wildman–Crippen LogP) is 7.97. The molecule has 2 rings (SSSR count). The summed E-state index contributed by atoms with van der Waals surface area (Å²) in [5.74, 6) is 1.70. The Morgan fingerprint density at radius 1 is 0.677 bits per heavy atom. The lowest BCUT2D eigenvalue weighted by molar-refractivity contribution is 0.0565. The van der Waals surface area contributed by atoms with Crippen molar-refractivity contribution in [3.8, 4) is 11.5 Å². The Balaban J connectivity index is 1.46. The van der Waals surface area contributed by atoms with Gasteiger partial charge in [0.25, 0.3) is 0 Å². The Labute approximate surface area is 190 Å². The van der Waals surface area contributed by atoms with Crippen LogP contribution >= 0.6 is 0 Å². The van der Waals surface area contributed by atoms with Crippen LogP contribution in [0.15, 0.2) is 54.6 Å². The molecule has 0 saturated heterocycles. The van der Waals surface area contributed by atoms with Gasteiger partial charge >= 0.3 is 0 Å². The van der Waals surface area contributed by atoms with E-state index in [1.807, 2.05) is 42.5 Å². The Morgan fingerprint density at radius 2 is 1.26 bits per heavy atom. The van der Waals surface area contributed by atoms with Crippen molar-refractivity contribution in [3.05, 3.63) is 60.2 Å². The molecule has 0 N–H and O–H groups in total. The summed E-state index contributed by atoms with van der Waals surface area (Å²) in [6, 6.07) is 18.0. The van der Waals surface area contributed by atoms with Crippen LogP contribution in [0.3, 0.4) is 0 Å². The SMILES string of the molecule is CCCCCCCCCCCCOCC(C)Oc1ccc(OCc2ccccc2)cc1. The van der Waals surface area contributed by atoms with Gasteiger partial charge in [-0.3, -0.25) is 0 Å². The Hall–Kier alpha value is -2.00. The van der Waals surface area contributed by atoms with Crippen LogP contribution in [0.1, 0.15) is 83.6 Å². The van der Waals surface area contributed by atoms with Crippen LogP contribution in [-0.4, -0.2) is 19.3 Å². The second kappa shape index (κ2) is 16.7. The van der Waals surface area contributed by atoms with Crippen LogP contribution in [0.5, 0.6) is 11.5 Å². The summed E-state index contributed by atoms with van der Waals surface area (Å²) in [5.41, 5.74) is 1.16. The average molecular weight is 427 g/mol. The van der Waals surface area contributed by atoms with E-state index in [1.165, 1.54) is 57.8 Å². The summed E-state index contributed by atoms with van der Waals surface area (Å²) < 4.78 is 17.6. The van der Waals surface area contributed by atoms with Gasteiger partial charge in [-0.1, -0.05) is 95.0 Å². The highest BCUT2D eigenvalue weighted by Gasteiger charge is 2.05. The van der Waals surface area contributed by atoms with Crippen molar-refractivity contribution in [1.29, 1.82) is 0 Å². The maximum atomic E-state index is 5.95. The van der Waals surface area contributed by atoms with Gasteiger partial charge in [0.05, 0.1) is 6.61 Å². The van der Waals surface area contributed by atoms with E-state index in [0.29, 0.717) is 13.2 Å². The molecule has 0 radical (unpaired) electrons. The summed E-state index contributed by atoms with van der Waals surface area (Å²) in [7, 11) is 0. The van der Waals surface area contributed by atoms with Gasteiger partial charge in [0.1, 0.15) is 24.2 Å². The number of benzene rings is 2. The van der Waals surface area contributed by atoms with Gasteiger partial charge in [0.15, 0.2) is 0 Å². The minimum Gasteiger partial charge on any atom is -0.489 e. The number of hydrogen-bond donors (Lipinski definition) is 0. The molecule has 1 atom stereocenters. The van der Waals surface area contributed by atoms with E-state index in [1.54, 1.807) is 0 Å². The molecule has 0 spiro atoms. The van der Waals surface area contributed by atoms with Gasteiger partial charge in [-0.15, -0.1) is 0 Å². The molecule has 0 aromatic heterocycles. The van der Waals surface area contributed by atoms with Crippen molar-refractivity contribution < 1.29 is 14.2 Å². The quantitative estimate of drug-likeness (QED) is 0.226. The van der Waals surface area contributed by atoms with Gasteiger partial charge in [-0.05, 0) is 43.2 Å². The minimum absolute atomic E-state index is 0.0409. The van der Waals surface area contributed by atoms with Gasteiger partial charge in [0.2, 0.25) is 0 Å². The van der Waals surface area contributed by atoms with Gasteiger partial charge < -0.3 is 14.2 Å². The molecule has 31 heavy (non-hydrogen) atoms. The topological polar surface area (TPSA) is 27.7 Å². The van der Waals surface area contributed by atoms with Crippen molar-refractivity contribution >= 4 is 0 Å². The van der Waals surface area contributed by atoms with Gasteiger partial charge in [-0.2, -0.15) is 0 Å². The molecular formula is C28H42O3. The van der Waals surface area contributed by atoms with Crippen molar-refractivity contribution in [2.45, 2.75) is 90.8 Å². The molecule has 0 amide bonds. The normalized spacial score (nSPS) is 11.9. The number of rotatable bonds is 18. The van der Waals surface area contributed by atoms with Crippen LogP contribution in [-0.2, 0) is 11.3 Å². The molecule has 172 valence electrons. The Kier molecular flexibility index (Phi) is 13.6. The second-order valence-electron chi connectivity index (χ2n) is 8.43. The molecule has 3 heteroatoms. The molecule has 0 heterocycles. The lowest BCUT2D eigenvalue weighted by Crippen LogP contribution is -2.19. The van der Waals surface area contributed by atoms with E-state index in [2.05, 4.69) is 26.0 Å². The van der Waals surface area contributed by atoms with E-state index in [0.717, 1.165) is 30.1 Å². The smallest absolute Gasteiger partial charge is 0.120 e. The highest BCUT2D eigenvalue weighted by molar-refractivity contribution is 5.31. The van der Waals surface area contributed by atoms with E-state index in [-0.39, 0.29) is 6.10 Å². The molecule has 0 bridgehead atoms. The fraction of sp³-hybridized carbons (Fsp3) is 0.571. The fourth-order valence-corrected chi connectivity index (χ4v) is 3.56. The first kappa shape index (κ1) is 25.3. The number of hydrogen-bond acceptors (Lipinski definition) is 3. The van der Waals surface area contributed by atoms with Crippen molar-refractivity contribution in [3.63, 3.8) is 0 Å². The van der Waals surface area contributed by atoms with Crippen molar-refractivity contribution in [2.24, 2.45) is 0 Å². The van der Waals surface area contributed by atoms with E-state index < -0.39 is 0 Å². The fourth-order valence-electron chi connectivity index (χ4n) is 3.56. The zero-order chi connectivity index (χ0) is 22.0. The van der Waals surface area contributed by atoms with Gasteiger partial charge in [0, 0.05) is 6.61 Å². The number of unbranched alkanes of at least 4 members (excludes halogenated alkanes) is 9. The summed E-state index contributed by atoms with van der Waals surface area (Å²) in [6.45, 7) is 6.36. The molecule has 2 aromatic rings. The third-order valence-corrected chi connectivity index (χ3v) is 5.40. The van der Waals surface area contributed by atoms with E-state index >= 15 is 0 Å². The number of ether oxygens (including phenoxy) is 3. The summed E-state index contributed by atoms with van der Waals surface area (Å²) >= 11 is 0. The van der Waals surface area contributed by atoms with Crippen LogP contribution < -0.4 is 9.47 Å². The summed E-state index contributed by atoms with van der Waals surface area (Å²) in [4.78, 5) is 0. The molecule has 0 saturated carbocycles. The monoisotopic (exact) mass is 426 g/mol. The highest BCUT2D eigenvalue weighted by atomic mass is 16.5. The molecule has 0 aliphatic carbocycles. The van der Waals surface area contributed by atoms with Crippen molar-refractivity contribution in [2.75, 3.05) is 13.2 Å². The zero-order valence-electron chi connectivity index (χ0n) is 19.7. The molecule has 0 aliphatic heterocycles. The van der Waals surface area contributed by atoms with Crippen LogP contribution in [0.4, 0.5) is 0 Å². The second-order valence-corrected chi connectivity index (χ2v) is 8.43. The molecular weight excluding hydrogens is 384 g/mol. The Morgan fingerprint density at radius 3 is 1.90 bits per heavy atom.